The minimum atomic E-state index is -1.08. The number of unbranched alkanes of at least 4 members (excludes halogenated alkanes) is 13. The van der Waals surface area contributed by atoms with Crippen LogP contribution in [0.5, 0.6) is 0 Å². The van der Waals surface area contributed by atoms with Gasteiger partial charge in [-0.1, -0.05) is 90.4 Å². The van der Waals surface area contributed by atoms with Crippen LogP contribution in [0.3, 0.4) is 0 Å². The molecule has 0 N–H and O–H groups in total. The topological polar surface area (TPSA) is 56.3 Å². The fourth-order valence-electron chi connectivity index (χ4n) is 5.12. The number of fused-ring (bicyclic) bond motifs is 1. The second-order valence-electron chi connectivity index (χ2n) is 10.5. The molecule has 200 valence electrons. The molecule has 3 rings (SSSR count). The summed E-state index contributed by atoms with van der Waals surface area (Å²) in [5.74, 6) is -2.13. The Labute approximate surface area is 215 Å². The number of likely N-dealkylation sites (N-methyl/N-ethyl adjacent to an activating group) is 1. The molecule has 1 fully saturated rings. The number of hydrogen-bond donors (Lipinski definition) is 0. The Morgan fingerprint density at radius 2 is 1.44 bits per heavy atom. The van der Waals surface area contributed by atoms with Gasteiger partial charge in [0, 0.05) is 25.7 Å². The van der Waals surface area contributed by atoms with Crippen LogP contribution >= 0.6 is 0 Å². The standard InChI is InChI=1S/C29H44F2N4O/c1-4-5-6-7-8-9-10-11-12-13-14-15-16-17-18-35-20-23(21-35)34(3)29-33-27-24(19-32)22(2)25(30)26(31)28(27)36-29/h23H,4-18,20-21H2,1-3H3. The number of anilines is 1. The SMILES string of the molecule is CCCCCCCCCCCCCCCCN1CC(N(C)c2nc3c(C#N)c(C)c(F)c(F)c3o2)C1. The van der Waals surface area contributed by atoms with Gasteiger partial charge in [-0.3, -0.25) is 4.90 Å². The van der Waals surface area contributed by atoms with E-state index in [1.54, 1.807) is 0 Å². The fraction of sp³-hybridized carbons (Fsp3) is 0.724. The smallest absolute Gasteiger partial charge is 0.298 e. The molecule has 1 aromatic carbocycles. The number of benzene rings is 1. The van der Waals surface area contributed by atoms with E-state index in [0.717, 1.165) is 19.6 Å². The van der Waals surface area contributed by atoms with Crippen LogP contribution in [0.4, 0.5) is 14.8 Å². The number of nitrogens with zero attached hydrogens (tertiary/aromatic N) is 4. The van der Waals surface area contributed by atoms with Crippen molar-refractivity contribution in [3.05, 3.63) is 22.8 Å². The second kappa shape index (κ2) is 14.5. The van der Waals surface area contributed by atoms with Crippen molar-refractivity contribution in [3.8, 4) is 6.07 Å². The first-order chi connectivity index (χ1) is 17.5. The van der Waals surface area contributed by atoms with E-state index in [1.807, 2.05) is 18.0 Å². The van der Waals surface area contributed by atoms with Crippen LogP contribution in [-0.4, -0.2) is 42.6 Å². The van der Waals surface area contributed by atoms with Gasteiger partial charge in [0.05, 0.1) is 11.6 Å². The molecule has 7 heteroatoms. The van der Waals surface area contributed by atoms with E-state index in [4.69, 9.17) is 4.42 Å². The summed E-state index contributed by atoms with van der Waals surface area (Å²) in [6.07, 6.45) is 19.1. The Morgan fingerprint density at radius 1 is 0.917 bits per heavy atom. The lowest BCUT2D eigenvalue weighted by atomic mass is 10.0. The van der Waals surface area contributed by atoms with Crippen molar-refractivity contribution < 1.29 is 13.2 Å². The Hall–Kier alpha value is -2.20. The average molecular weight is 503 g/mol. The van der Waals surface area contributed by atoms with Crippen molar-refractivity contribution in [2.75, 3.05) is 31.6 Å². The molecule has 36 heavy (non-hydrogen) atoms. The van der Waals surface area contributed by atoms with E-state index in [-0.39, 0.29) is 34.3 Å². The van der Waals surface area contributed by atoms with E-state index < -0.39 is 11.6 Å². The van der Waals surface area contributed by atoms with Gasteiger partial charge < -0.3 is 9.32 Å². The molecule has 2 aromatic rings. The predicted molar refractivity (Wildman–Crippen MR) is 142 cm³/mol. The van der Waals surface area contributed by atoms with Crippen LogP contribution in [0.1, 0.15) is 108 Å². The van der Waals surface area contributed by atoms with Gasteiger partial charge in [0.2, 0.25) is 5.82 Å². The summed E-state index contributed by atoms with van der Waals surface area (Å²) in [5.41, 5.74) is -0.197. The van der Waals surface area contributed by atoms with E-state index >= 15 is 0 Å². The minimum Gasteiger partial charge on any atom is -0.420 e. The largest absolute Gasteiger partial charge is 0.420 e. The van der Waals surface area contributed by atoms with Gasteiger partial charge in [0.25, 0.3) is 6.01 Å². The lowest BCUT2D eigenvalue weighted by molar-refractivity contribution is 0.141. The number of aromatic nitrogens is 1. The number of halogens is 2. The highest BCUT2D eigenvalue weighted by molar-refractivity contribution is 5.83. The molecule has 0 radical (unpaired) electrons. The van der Waals surface area contributed by atoms with Crippen LogP contribution in [-0.2, 0) is 0 Å². The second-order valence-corrected chi connectivity index (χ2v) is 10.5. The Morgan fingerprint density at radius 3 is 1.97 bits per heavy atom. The molecule has 0 amide bonds. The Balaban J connectivity index is 1.26. The highest BCUT2D eigenvalue weighted by Gasteiger charge is 2.32. The lowest BCUT2D eigenvalue weighted by Crippen LogP contribution is -2.58. The van der Waals surface area contributed by atoms with Gasteiger partial charge in [0.1, 0.15) is 11.6 Å². The molecular formula is C29H44F2N4O. The summed E-state index contributed by atoms with van der Waals surface area (Å²) in [4.78, 5) is 8.61. The maximum atomic E-state index is 14.3. The monoisotopic (exact) mass is 502 g/mol. The van der Waals surface area contributed by atoms with Crippen molar-refractivity contribution in [2.45, 2.75) is 110 Å². The molecule has 2 heterocycles. The number of oxazole rings is 1. The van der Waals surface area contributed by atoms with Gasteiger partial charge in [-0.15, -0.1) is 0 Å². The van der Waals surface area contributed by atoms with Crippen molar-refractivity contribution in [3.63, 3.8) is 0 Å². The Bertz CT molecular complexity index is 994. The van der Waals surface area contributed by atoms with Crippen molar-refractivity contribution in [2.24, 2.45) is 0 Å². The van der Waals surface area contributed by atoms with Crippen molar-refractivity contribution in [1.29, 1.82) is 5.26 Å². The van der Waals surface area contributed by atoms with Gasteiger partial charge in [-0.25, -0.2) is 4.39 Å². The first-order valence-corrected chi connectivity index (χ1v) is 14.1. The summed E-state index contributed by atoms with van der Waals surface area (Å²) >= 11 is 0. The van der Waals surface area contributed by atoms with Crippen molar-refractivity contribution >= 4 is 17.1 Å². The molecule has 1 aliphatic rings. The summed E-state index contributed by atoms with van der Waals surface area (Å²) in [6.45, 7) is 6.54. The van der Waals surface area contributed by atoms with Crippen LogP contribution < -0.4 is 4.90 Å². The van der Waals surface area contributed by atoms with E-state index in [0.29, 0.717) is 0 Å². The maximum Gasteiger partial charge on any atom is 0.298 e. The normalized spacial score (nSPS) is 14.3. The van der Waals surface area contributed by atoms with E-state index in [9.17, 15) is 14.0 Å². The van der Waals surface area contributed by atoms with Crippen molar-refractivity contribution in [1.82, 2.24) is 9.88 Å². The molecule has 0 saturated carbocycles. The Kier molecular flexibility index (Phi) is 11.4. The van der Waals surface area contributed by atoms with Gasteiger partial charge in [-0.2, -0.15) is 14.6 Å². The molecule has 0 spiro atoms. The third-order valence-electron chi connectivity index (χ3n) is 7.68. The van der Waals surface area contributed by atoms with Crippen LogP contribution in [0.15, 0.2) is 4.42 Å². The summed E-state index contributed by atoms with van der Waals surface area (Å²) in [5, 5.41) is 9.36. The molecule has 1 saturated heterocycles. The first kappa shape index (κ1) is 28.4. The first-order valence-electron chi connectivity index (χ1n) is 14.1. The molecule has 0 unspecified atom stereocenters. The summed E-state index contributed by atoms with van der Waals surface area (Å²) < 4.78 is 34.0. The summed E-state index contributed by atoms with van der Waals surface area (Å²) in [7, 11) is 1.85. The van der Waals surface area contributed by atoms with Crippen LogP contribution in [0.2, 0.25) is 0 Å². The number of nitriles is 1. The number of hydrogen-bond acceptors (Lipinski definition) is 5. The maximum absolute atomic E-state index is 14.3. The molecule has 5 nitrogen and oxygen atoms in total. The predicted octanol–water partition coefficient (Wildman–Crippen LogP) is 7.89. The summed E-state index contributed by atoms with van der Waals surface area (Å²) in [6, 6.07) is 2.37. The number of likely N-dealkylation sites (tertiary alicyclic amines) is 1. The zero-order valence-corrected chi connectivity index (χ0v) is 22.6. The molecular weight excluding hydrogens is 458 g/mol. The highest BCUT2D eigenvalue weighted by atomic mass is 19.2. The average Bonchev–Trinajstić information content (AvgIpc) is 3.29. The van der Waals surface area contributed by atoms with Gasteiger partial charge >= 0.3 is 0 Å². The molecule has 0 aliphatic carbocycles. The minimum absolute atomic E-state index is 0.0281. The number of rotatable bonds is 17. The van der Waals surface area contributed by atoms with Crippen LogP contribution in [0, 0.1) is 29.9 Å². The zero-order valence-electron chi connectivity index (χ0n) is 22.6. The third kappa shape index (κ3) is 7.41. The third-order valence-corrected chi connectivity index (χ3v) is 7.68. The molecule has 0 bridgehead atoms. The molecule has 1 aromatic heterocycles. The van der Waals surface area contributed by atoms with Gasteiger partial charge in [0.15, 0.2) is 11.4 Å². The fourth-order valence-corrected chi connectivity index (χ4v) is 5.12. The van der Waals surface area contributed by atoms with Crippen LogP contribution in [0.25, 0.3) is 11.1 Å². The quantitative estimate of drug-likeness (QED) is 0.206. The van der Waals surface area contributed by atoms with E-state index in [1.165, 1.54) is 96.8 Å². The van der Waals surface area contributed by atoms with E-state index in [2.05, 4.69) is 16.8 Å². The highest BCUT2D eigenvalue weighted by Crippen LogP contribution is 2.32. The lowest BCUT2D eigenvalue weighted by Gasteiger charge is -2.43. The zero-order chi connectivity index (χ0) is 25.9. The van der Waals surface area contributed by atoms with Gasteiger partial charge in [-0.05, 0) is 19.9 Å². The molecule has 0 atom stereocenters. The molecule has 1 aliphatic heterocycles.